The van der Waals surface area contributed by atoms with E-state index in [2.05, 4.69) is 41.4 Å². The number of morpholine rings is 1. The lowest BCUT2D eigenvalue weighted by Gasteiger charge is -2.35. The predicted molar refractivity (Wildman–Crippen MR) is 85.1 cm³/mol. The van der Waals surface area contributed by atoms with E-state index >= 15 is 0 Å². The number of hydrogen-bond donors (Lipinski definition) is 1. The molecule has 5 nitrogen and oxygen atoms in total. The molecule has 2 fully saturated rings. The van der Waals surface area contributed by atoms with E-state index in [4.69, 9.17) is 9.47 Å². The van der Waals surface area contributed by atoms with Crippen LogP contribution in [0.4, 0.5) is 5.69 Å². The fourth-order valence-electron chi connectivity index (χ4n) is 3.00. The Labute approximate surface area is 131 Å². The Morgan fingerprint density at radius 3 is 2.86 bits per heavy atom. The van der Waals surface area contributed by atoms with Gasteiger partial charge < -0.3 is 19.7 Å². The first-order valence-corrected chi connectivity index (χ1v) is 8.04. The fourth-order valence-corrected chi connectivity index (χ4v) is 3.00. The lowest BCUT2D eigenvalue weighted by molar-refractivity contribution is -0.134. The largest absolute Gasteiger partial charge is 0.381 e. The standard InChI is InChI=1S/C17H24N2O3/c1-13-3-2-4-15(11-13)19-7-10-22-16(12-19)17(20)18-14-5-8-21-9-6-14/h2-4,11,14,16H,5-10,12H2,1H3,(H,18,20)/t16-/m1/s1. The lowest BCUT2D eigenvalue weighted by atomic mass is 10.1. The van der Waals surface area contributed by atoms with Crippen LogP contribution in [-0.2, 0) is 14.3 Å². The van der Waals surface area contributed by atoms with E-state index in [1.54, 1.807) is 0 Å². The van der Waals surface area contributed by atoms with Gasteiger partial charge >= 0.3 is 0 Å². The summed E-state index contributed by atoms with van der Waals surface area (Å²) >= 11 is 0. The molecule has 1 aromatic rings. The summed E-state index contributed by atoms with van der Waals surface area (Å²) in [4.78, 5) is 14.6. The number of carbonyl (C=O) groups excluding carboxylic acids is 1. The van der Waals surface area contributed by atoms with E-state index in [1.807, 2.05) is 0 Å². The van der Waals surface area contributed by atoms with Gasteiger partial charge in [-0.2, -0.15) is 0 Å². The van der Waals surface area contributed by atoms with Crippen molar-refractivity contribution in [3.63, 3.8) is 0 Å². The Morgan fingerprint density at radius 2 is 2.09 bits per heavy atom. The Hall–Kier alpha value is -1.59. The summed E-state index contributed by atoms with van der Waals surface area (Å²) in [5.74, 6) is 0.00394. The fraction of sp³-hybridized carbons (Fsp3) is 0.588. The van der Waals surface area contributed by atoms with Crippen molar-refractivity contribution in [1.82, 2.24) is 5.32 Å². The van der Waals surface area contributed by atoms with Gasteiger partial charge in [0.25, 0.3) is 5.91 Å². The van der Waals surface area contributed by atoms with E-state index < -0.39 is 6.10 Å². The van der Waals surface area contributed by atoms with Crippen LogP contribution in [0.1, 0.15) is 18.4 Å². The van der Waals surface area contributed by atoms with Crippen molar-refractivity contribution >= 4 is 11.6 Å². The molecule has 120 valence electrons. The number of nitrogens with zero attached hydrogens (tertiary/aromatic N) is 1. The highest BCUT2D eigenvalue weighted by Gasteiger charge is 2.28. The number of nitrogens with one attached hydrogen (secondary N) is 1. The number of hydrogen-bond acceptors (Lipinski definition) is 4. The number of amides is 1. The molecule has 1 atom stereocenters. The summed E-state index contributed by atoms with van der Waals surface area (Å²) in [6, 6.07) is 8.60. The van der Waals surface area contributed by atoms with Crippen LogP contribution < -0.4 is 10.2 Å². The summed E-state index contributed by atoms with van der Waals surface area (Å²) in [6.45, 7) is 5.56. The molecule has 2 aliphatic heterocycles. The number of carbonyl (C=O) groups is 1. The van der Waals surface area contributed by atoms with Crippen molar-refractivity contribution < 1.29 is 14.3 Å². The zero-order valence-corrected chi connectivity index (χ0v) is 13.1. The van der Waals surface area contributed by atoms with Gasteiger partial charge in [0.05, 0.1) is 13.2 Å². The molecule has 2 saturated heterocycles. The van der Waals surface area contributed by atoms with Crippen molar-refractivity contribution in [3.05, 3.63) is 29.8 Å². The Kier molecular flexibility index (Phi) is 4.95. The Bertz CT molecular complexity index is 514. The minimum atomic E-state index is -0.392. The topological polar surface area (TPSA) is 50.8 Å². The van der Waals surface area contributed by atoms with Gasteiger partial charge in [-0.25, -0.2) is 0 Å². The van der Waals surface area contributed by atoms with Crippen LogP contribution in [0, 0.1) is 6.92 Å². The zero-order valence-electron chi connectivity index (χ0n) is 13.1. The first-order chi connectivity index (χ1) is 10.7. The Balaban J connectivity index is 1.58. The van der Waals surface area contributed by atoms with Crippen LogP contribution in [0.15, 0.2) is 24.3 Å². The molecule has 1 aromatic carbocycles. The molecule has 2 heterocycles. The summed E-state index contributed by atoms with van der Waals surface area (Å²) in [5.41, 5.74) is 2.39. The maximum atomic E-state index is 12.4. The molecule has 0 radical (unpaired) electrons. The monoisotopic (exact) mass is 304 g/mol. The summed E-state index contributed by atoms with van der Waals surface area (Å²) < 4.78 is 11.0. The molecule has 22 heavy (non-hydrogen) atoms. The van der Waals surface area contributed by atoms with Crippen molar-refractivity contribution in [2.45, 2.75) is 31.9 Å². The smallest absolute Gasteiger partial charge is 0.251 e. The molecule has 0 aromatic heterocycles. The minimum absolute atomic E-state index is 0.00394. The third kappa shape index (κ3) is 3.78. The van der Waals surface area contributed by atoms with Crippen molar-refractivity contribution in [2.24, 2.45) is 0 Å². The first kappa shape index (κ1) is 15.3. The molecule has 0 aliphatic carbocycles. The van der Waals surface area contributed by atoms with Crippen molar-refractivity contribution in [3.8, 4) is 0 Å². The number of rotatable bonds is 3. The molecule has 2 aliphatic rings. The second-order valence-electron chi connectivity index (χ2n) is 6.04. The molecule has 5 heteroatoms. The average molecular weight is 304 g/mol. The van der Waals surface area contributed by atoms with Crippen LogP contribution in [0.5, 0.6) is 0 Å². The van der Waals surface area contributed by atoms with E-state index in [0.717, 1.165) is 38.3 Å². The number of ether oxygens (including phenoxy) is 2. The quantitative estimate of drug-likeness (QED) is 0.919. The summed E-state index contributed by atoms with van der Waals surface area (Å²) in [6.07, 6.45) is 1.39. The molecule has 0 bridgehead atoms. The van der Waals surface area contributed by atoms with Gasteiger partial charge in [0.2, 0.25) is 0 Å². The van der Waals surface area contributed by atoms with Gasteiger partial charge in [-0.1, -0.05) is 12.1 Å². The molecule has 1 amide bonds. The summed E-state index contributed by atoms with van der Waals surface area (Å²) in [5, 5.41) is 3.10. The Morgan fingerprint density at radius 1 is 1.27 bits per heavy atom. The molecule has 0 spiro atoms. The molecular weight excluding hydrogens is 280 g/mol. The second-order valence-corrected chi connectivity index (χ2v) is 6.04. The van der Waals surface area contributed by atoms with Crippen LogP contribution in [-0.4, -0.2) is 51.0 Å². The van der Waals surface area contributed by atoms with Crippen LogP contribution >= 0.6 is 0 Å². The van der Waals surface area contributed by atoms with Gasteiger partial charge in [0.15, 0.2) is 6.10 Å². The highest BCUT2D eigenvalue weighted by molar-refractivity contribution is 5.82. The van der Waals surface area contributed by atoms with Crippen molar-refractivity contribution in [2.75, 3.05) is 37.8 Å². The van der Waals surface area contributed by atoms with E-state index in [9.17, 15) is 4.79 Å². The molecule has 3 rings (SSSR count). The number of benzene rings is 1. The van der Waals surface area contributed by atoms with Crippen LogP contribution in [0.25, 0.3) is 0 Å². The SMILES string of the molecule is Cc1cccc(N2CCO[C@@H](C(=O)NC3CCOCC3)C2)c1. The molecule has 1 N–H and O–H groups in total. The van der Waals surface area contributed by atoms with Gasteiger partial charge in [-0.15, -0.1) is 0 Å². The van der Waals surface area contributed by atoms with E-state index in [-0.39, 0.29) is 11.9 Å². The van der Waals surface area contributed by atoms with Crippen LogP contribution in [0.3, 0.4) is 0 Å². The van der Waals surface area contributed by atoms with Gasteiger partial charge in [0.1, 0.15) is 0 Å². The number of anilines is 1. The highest BCUT2D eigenvalue weighted by atomic mass is 16.5. The molecular formula is C17H24N2O3. The summed E-state index contributed by atoms with van der Waals surface area (Å²) in [7, 11) is 0. The van der Waals surface area contributed by atoms with E-state index in [0.29, 0.717) is 13.2 Å². The highest BCUT2D eigenvalue weighted by Crippen LogP contribution is 2.19. The van der Waals surface area contributed by atoms with Gasteiger partial charge in [-0.05, 0) is 37.5 Å². The van der Waals surface area contributed by atoms with Gasteiger partial charge in [0, 0.05) is 31.5 Å². The third-order valence-corrected chi connectivity index (χ3v) is 4.29. The minimum Gasteiger partial charge on any atom is -0.381 e. The van der Waals surface area contributed by atoms with Crippen LogP contribution in [0.2, 0.25) is 0 Å². The maximum absolute atomic E-state index is 12.4. The molecule has 0 unspecified atom stereocenters. The maximum Gasteiger partial charge on any atom is 0.251 e. The normalized spacial score (nSPS) is 23.3. The number of aryl methyl sites for hydroxylation is 1. The predicted octanol–water partition coefficient (Wildman–Crippen LogP) is 1.50. The second kappa shape index (κ2) is 7.11. The lowest BCUT2D eigenvalue weighted by Crippen LogP contribution is -2.52. The van der Waals surface area contributed by atoms with Gasteiger partial charge in [-0.3, -0.25) is 4.79 Å². The van der Waals surface area contributed by atoms with Crippen molar-refractivity contribution in [1.29, 1.82) is 0 Å². The van der Waals surface area contributed by atoms with E-state index in [1.165, 1.54) is 5.56 Å². The third-order valence-electron chi connectivity index (χ3n) is 4.29. The first-order valence-electron chi connectivity index (χ1n) is 8.04. The zero-order chi connectivity index (χ0) is 15.4. The average Bonchev–Trinajstić information content (AvgIpc) is 2.56. The molecule has 0 saturated carbocycles.